The quantitative estimate of drug-likeness (QED) is 0.517. The summed E-state index contributed by atoms with van der Waals surface area (Å²) in [5, 5.41) is 8.86. The Morgan fingerprint density at radius 3 is 2.55 bits per heavy atom. The van der Waals surface area contributed by atoms with Gasteiger partial charge in [-0.05, 0) is 30.2 Å². The first-order valence-corrected chi connectivity index (χ1v) is 3.40. The van der Waals surface area contributed by atoms with Gasteiger partial charge in [0.1, 0.15) is 0 Å². The predicted octanol–water partition coefficient (Wildman–Crippen LogP) is 0.652. The van der Waals surface area contributed by atoms with Gasteiger partial charge in [-0.25, -0.2) is 0 Å². The van der Waals surface area contributed by atoms with Gasteiger partial charge >= 0.3 is 0 Å². The number of rotatable bonds is 1. The molecule has 1 aromatic rings. The van der Waals surface area contributed by atoms with Crippen molar-refractivity contribution >= 4 is 11.4 Å². The highest BCUT2D eigenvalue weighted by molar-refractivity contribution is 5.59. The Labute approximate surface area is 65.6 Å². The third-order valence-corrected chi connectivity index (χ3v) is 1.75. The Kier molecular flexibility index (Phi) is 2.01. The molecule has 1 rings (SSSR count). The molecule has 0 radical (unpaired) electrons. The van der Waals surface area contributed by atoms with Crippen molar-refractivity contribution in [2.24, 2.45) is 0 Å². The molecule has 0 amide bonds. The molecule has 0 spiro atoms. The number of aliphatic hydroxyl groups is 1. The van der Waals surface area contributed by atoms with Gasteiger partial charge in [0.2, 0.25) is 0 Å². The van der Waals surface area contributed by atoms with Crippen LogP contribution in [0.3, 0.4) is 0 Å². The van der Waals surface area contributed by atoms with E-state index in [-0.39, 0.29) is 6.61 Å². The van der Waals surface area contributed by atoms with E-state index in [9.17, 15) is 0 Å². The summed E-state index contributed by atoms with van der Waals surface area (Å²) in [7, 11) is 0. The molecule has 3 nitrogen and oxygen atoms in total. The number of anilines is 2. The van der Waals surface area contributed by atoms with Gasteiger partial charge in [-0.2, -0.15) is 0 Å². The van der Waals surface area contributed by atoms with Crippen molar-refractivity contribution in [3.8, 4) is 0 Å². The van der Waals surface area contributed by atoms with Crippen molar-refractivity contribution in [2.45, 2.75) is 13.5 Å². The Bertz CT molecular complexity index is 271. The summed E-state index contributed by atoms with van der Waals surface area (Å²) in [5.74, 6) is 0. The molecule has 0 heterocycles. The topological polar surface area (TPSA) is 72.3 Å². The molecule has 0 aliphatic carbocycles. The first-order valence-electron chi connectivity index (χ1n) is 3.40. The van der Waals surface area contributed by atoms with Crippen LogP contribution >= 0.6 is 0 Å². The fourth-order valence-corrected chi connectivity index (χ4v) is 0.989. The maximum Gasteiger partial charge on any atom is 0.0685 e. The van der Waals surface area contributed by atoms with Crippen molar-refractivity contribution in [3.63, 3.8) is 0 Å². The van der Waals surface area contributed by atoms with Gasteiger partial charge in [0.05, 0.1) is 6.61 Å². The van der Waals surface area contributed by atoms with Crippen LogP contribution < -0.4 is 11.5 Å². The minimum absolute atomic E-state index is 0.0128. The van der Waals surface area contributed by atoms with Crippen molar-refractivity contribution in [1.29, 1.82) is 0 Å². The summed E-state index contributed by atoms with van der Waals surface area (Å²) in [4.78, 5) is 0. The number of aliphatic hydroxyl groups excluding tert-OH is 1. The number of benzene rings is 1. The van der Waals surface area contributed by atoms with Gasteiger partial charge in [-0.1, -0.05) is 0 Å². The number of hydrogen-bond donors (Lipinski definition) is 3. The largest absolute Gasteiger partial charge is 0.399 e. The zero-order chi connectivity index (χ0) is 8.43. The number of nitrogen functional groups attached to an aromatic ring is 2. The first kappa shape index (κ1) is 7.88. The van der Waals surface area contributed by atoms with Crippen LogP contribution in [0.15, 0.2) is 12.1 Å². The Morgan fingerprint density at radius 1 is 1.36 bits per heavy atom. The molecule has 0 aromatic heterocycles. The Morgan fingerprint density at radius 2 is 2.00 bits per heavy atom. The minimum Gasteiger partial charge on any atom is -0.399 e. The molecule has 0 saturated carbocycles. The van der Waals surface area contributed by atoms with Crippen LogP contribution in [0, 0.1) is 6.92 Å². The van der Waals surface area contributed by atoms with E-state index in [4.69, 9.17) is 16.6 Å². The van der Waals surface area contributed by atoms with E-state index in [0.29, 0.717) is 11.4 Å². The van der Waals surface area contributed by atoms with Crippen molar-refractivity contribution in [1.82, 2.24) is 0 Å². The molecule has 0 bridgehead atoms. The molecule has 0 unspecified atom stereocenters. The molecule has 0 atom stereocenters. The summed E-state index contributed by atoms with van der Waals surface area (Å²) >= 11 is 0. The second kappa shape index (κ2) is 2.80. The van der Waals surface area contributed by atoms with E-state index in [1.165, 1.54) is 0 Å². The van der Waals surface area contributed by atoms with Gasteiger partial charge in [0, 0.05) is 11.4 Å². The molecular weight excluding hydrogens is 140 g/mol. The van der Waals surface area contributed by atoms with E-state index < -0.39 is 0 Å². The van der Waals surface area contributed by atoms with Crippen LogP contribution in [0.25, 0.3) is 0 Å². The fraction of sp³-hybridized carbons (Fsp3) is 0.250. The standard InChI is InChI=1S/C8H12N2O/c1-5-6(4-11)2-7(9)3-8(5)10/h2-3,11H,4,9-10H2,1H3. The lowest BCUT2D eigenvalue weighted by atomic mass is 10.1. The summed E-state index contributed by atoms with van der Waals surface area (Å²) in [6.45, 7) is 1.85. The fourth-order valence-electron chi connectivity index (χ4n) is 0.989. The van der Waals surface area contributed by atoms with Crippen LogP contribution in [0.1, 0.15) is 11.1 Å². The van der Waals surface area contributed by atoms with Gasteiger partial charge < -0.3 is 16.6 Å². The lowest BCUT2D eigenvalue weighted by molar-refractivity contribution is 0.281. The molecule has 0 saturated heterocycles. The van der Waals surface area contributed by atoms with Crippen LogP contribution in [0.2, 0.25) is 0 Å². The third kappa shape index (κ3) is 1.43. The van der Waals surface area contributed by atoms with Gasteiger partial charge in [-0.15, -0.1) is 0 Å². The summed E-state index contributed by atoms with van der Waals surface area (Å²) in [6.07, 6.45) is 0. The number of nitrogens with two attached hydrogens (primary N) is 2. The molecule has 5 N–H and O–H groups in total. The molecule has 3 heteroatoms. The van der Waals surface area contributed by atoms with E-state index in [2.05, 4.69) is 0 Å². The zero-order valence-corrected chi connectivity index (χ0v) is 6.46. The normalized spacial score (nSPS) is 10.0. The van der Waals surface area contributed by atoms with Crippen molar-refractivity contribution in [2.75, 3.05) is 11.5 Å². The maximum atomic E-state index is 8.86. The zero-order valence-electron chi connectivity index (χ0n) is 6.46. The average Bonchev–Trinajstić information content (AvgIpc) is 1.96. The second-order valence-corrected chi connectivity index (χ2v) is 2.55. The molecule has 1 aromatic carbocycles. The molecule has 0 aliphatic rings. The van der Waals surface area contributed by atoms with Gasteiger partial charge in [0.15, 0.2) is 0 Å². The molecular formula is C8H12N2O. The number of hydrogen-bond acceptors (Lipinski definition) is 3. The van der Waals surface area contributed by atoms with Crippen molar-refractivity contribution in [3.05, 3.63) is 23.3 Å². The van der Waals surface area contributed by atoms with E-state index >= 15 is 0 Å². The molecule has 11 heavy (non-hydrogen) atoms. The molecule has 60 valence electrons. The van der Waals surface area contributed by atoms with E-state index in [0.717, 1.165) is 11.1 Å². The van der Waals surface area contributed by atoms with Gasteiger partial charge in [0.25, 0.3) is 0 Å². The first-order chi connectivity index (χ1) is 5.15. The predicted molar refractivity (Wildman–Crippen MR) is 45.9 cm³/mol. The maximum absolute atomic E-state index is 8.86. The van der Waals surface area contributed by atoms with E-state index in [1.54, 1.807) is 12.1 Å². The lowest BCUT2D eigenvalue weighted by Gasteiger charge is -2.06. The highest BCUT2D eigenvalue weighted by atomic mass is 16.3. The Hall–Kier alpha value is -1.22. The molecule has 0 aliphatic heterocycles. The average molecular weight is 152 g/mol. The monoisotopic (exact) mass is 152 g/mol. The second-order valence-electron chi connectivity index (χ2n) is 2.55. The van der Waals surface area contributed by atoms with Crippen LogP contribution in [0.4, 0.5) is 11.4 Å². The summed E-state index contributed by atoms with van der Waals surface area (Å²) in [6, 6.07) is 3.42. The van der Waals surface area contributed by atoms with Crippen molar-refractivity contribution < 1.29 is 5.11 Å². The Balaban J connectivity index is 3.24. The highest BCUT2D eigenvalue weighted by Crippen LogP contribution is 2.19. The van der Waals surface area contributed by atoms with Crippen LogP contribution in [0.5, 0.6) is 0 Å². The van der Waals surface area contributed by atoms with E-state index in [1.807, 2.05) is 6.92 Å². The SMILES string of the molecule is Cc1c(N)cc(N)cc1CO. The highest BCUT2D eigenvalue weighted by Gasteiger charge is 2.01. The summed E-state index contributed by atoms with van der Waals surface area (Å²) < 4.78 is 0. The molecule has 0 fully saturated rings. The summed E-state index contributed by atoms with van der Waals surface area (Å²) in [5.41, 5.74) is 14.0. The van der Waals surface area contributed by atoms with Gasteiger partial charge in [-0.3, -0.25) is 0 Å². The smallest absolute Gasteiger partial charge is 0.0685 e. The minimum atomic E-state index is -0.0128. The third-order valence-electron chi connectivity index (χ3n) is 1.75. The van der Waals surface area contributed by atoms with Crippen LogP contribution in [-0.2, 0) is 6.61 Å². The van der Waals surface area contributed by atoms with Crippen LogP contribution in [-0.4, -0.2) is 5.11 Å². The lowest BCUT2D eigenvalue weighted by Crippen LogP contribution is -1.98.